The quantitative estimate of drug-likeness (QED) is 0.614. The van der Waals surface area contributed by atoms with E-state index in [0.717, 1.165) is 0 Å². The topological polar surface area (TPSA) is 92.9 Å². The van der Waals surface area contributed by atoms with Crippen molar-refractivity contribution in [3.63, 3.8) is 0 Å². The van der Waals surface area contributed by atoms with E-state index in [2.05, 4.69) is 0 Å². The number of nitro groups is 1. The van der Waals surface area contributed by atoms with Crippen LogP contribution in [0.3, 0.4) is 0 Å². The Kier molecular flexibility index (Phi) is 5.52. The molecule has 0 aliphatic heterocycles. The first kappa shape index (κ1) is 16.7. The van der Waals surface area contributed by atoms with Gasteiger partial charge in [0.15, 0.2) is 0 Å². The summed E-state index contributed by atoms with van der Waals surface area (Å²) < 4.78 is 5.50. The molecule has 0 aliphatic rings. The fourth-order valence-corrected chi connectivity index (χ4v) is 1.83. The molecule has 0 bridgehead atoms. The molecule has 0 radical (unpaired) electrons. The number of ether oxygens (including phenoxy) is 1. The molecule has 1 aromatic rings. The summed E-state index contributed by atoms with van der Waals surface area (Å²) in [5.41, 5.74) is 0.464. The third kappa shape index (κ3) is 4.94. The van der Waals surface area contributed by atoms with Crippen LogP contribution in [0.2, 0.25) is 0 Å². The predicted octanol–water partition coefficient (Wildman–Crippen LogP) is 2.54. The fraction of sp³-hybridized carbons (Fsp3) is 0.500. The van der Waals surface area contributed by atoms with Crippen LogP contribution >= 0.6 is 0 Å². The fourth-order valence-electron chi connectivity index (χ4n) is 1.83. The van der Waals surface area contributed by atoms with Crippen LogP contribution in [0.25, 0.3) is 0 Å². The predicted molar refractivity (Wildman–Crippen MR) is 78.9 cm³/mol. The number of nitrogens with zero attached hydrogens (tertiary/aromatic N) is 2. The average molecular weight is 296 g/mol. The number of carboxylic acid groups (broad SMARTS) is 1. The van der Waals surface area contributed by atoms with Gasteiger partial charge in [0.25, 0.3) is 5.69 Å². The minimum atomic E-state index is -0.911. The van der Waals surface area contributed by atoms with E-state index in [9.17, 15) is 14.9 Å². The second kappa shape index (κ2) is 6.92. The van der Waals surface area contributed by atoms with Crippen molar-refractivity contribution >= 4 is 17.3 Å². The van der Waals surface area contributed by atoms with Crippen molar-refractivity contribution < 1.29 is 19.6 Å². The maximum atomic E-state index is 11.0. The largest absolute Gasteiger partial charge is 0.491 e. The number of hydrogen-bond acceptors (Lipinski definition) is 5. The standard InChI is InChI=1S/C14H20N2O5/c1-9(2)21-13-6-11(5-12(7-13)16(19)20)15(4)8-10(3)14(17)18/h5-7,9-10H,8H2,1-4H3,(H,17,18). The van der Waals surface area contributed by atoms with Crippen LogP contribution in [0.5, 0.6) is 5.75 Å². The molecular weight excluding hydrogens is 276 g/mol. The molecule has 0 fully saturated rings. The molecule has 0 amide bonds. The molecule has 7 nitrogen and oxygen atoms in total. The molecule has 21 heavy (non-hydrogen) atoms. The van der Waals surface area contributed by atoms with E-state index in [1.54, 1.807) is 24.9 Å². The zero-order valence-corrected chi connectivity index (χ0v) is 12.6. The van der Waals surface area contributed by atoms with E-state index in [0.29, 0.717) is 11.4 Å². The summed E-state index contributed by atoms with van der Waals surface area (Å²) in [6.07, 6.45) is -0.108. The summed E-state index contributed by atoms with van der Waals surface area (Å²) >= 11 is 0. The maximum Gasteiger partial charge on any atom is 0.308 e. The van der Waals surface area contributed by atoms with Gasteiger partial charge in [0, 0.05) is 31.4 Å². The third-order valence-corrected chi connectivity index (χ3v) is 2.87. The molecule has 1 atom stereocenters. The van der Waals surface area contributed by atoms with E-state index >= 15 is 0 Å². The Balaban J connectivity index is 3.06. The van der Waals surface area contributed by atoms with Gasteiger partial charge in [-0.3, -0.25) is 14.9 Å². The van der Waals surface area contributed by atoms with E-state index in [-0.39, 0.29) is 18.3 Å². The van der Waals surface area contributed by atoms with Gasteiger partial charge in [0.05, 0.1) is 23.0 Å². The third-order valence-electron chi connectivity index (χ3n) is 2.87. The van der Waals surface area contributed by atoms with Gasteiger partial charge in [-0.15, -0.1) is 0 Å². The minimum absolute atomic E-state index is 0.0852. The van der Waals surface area contributed by atoms with Crippen LogP contribution in [0.1, 0.15) is 20.8 Å². The summed E-state index contributed by atoms with van der Waals surface area (Å²) in [5, 5.41) is 19.9. The number of hydrogen-bond donors (Lipinski definition) is 1. The SMILES string of the molecule is CC(C)Oc1cc(N(C)CC(C)C(=O)O)cc([N+](=O)[O-])c1. The van der Waals surface area contributed by atoms with Crippen molar-refractivity contribution in [2.45, 2.75) is 26.9 Å². The first-order valence-electron chi connectivity index (χ1n) is 6.60. The van der Waals surface area contributed by atoms with Crippen LogP contribution in [-0.4, -0.2) is 35.7 Å². The van der Waals surface area contributed by atoms with Crippen LogP contribution in [0, 0.1) is 16.0 Å². The van der Waals surface area contributed by atoms with Gasteiger partial charge in [0.2, 0.25) is 0 Å². The van der Waals surface area contributed by atoms with E-state index in [1.165, 1.54) is 12.1 Å². The summed E-state index contributed by atoms with van der Waals surface area (Å²) in [7, 11) is 1.69. The molecule has 0 aliphatic carbocycles. The Morgan fingerprint density at radius 3 is 2.48 bits per heavy atom. The zero-order chi connectivity index (χ0) is 16.2. The molecular formula is C14H20N2O5. The zero-order valence-electron chi connectivity index (χ0n) is 12.6. The first-order valence-corrected chi connectivity index (χ1v) is 6.60. The first-order chi connectivity index (χ1) is 9.70. The second-order valence-corrected chi connectivity index (χ2v) is 5.23. The summed E-state index contributed by atoms with van der Waals surface area (Å²) in [5.74, 6) is -1.10. The molecule has 0 aromatic heterocycles. The highest BCUT2D eigenvalue weighted by Gasteiger charge is 2.17. The summed E-state index contributed by atoms with van der Waals surface area (Å²) in [6.45, 7) is 5.49. The molecule has 116 valence electrons. The average Bonchev–Trinajstić information content (AvgIpc) is 2.37. The number of carbonyl (C=O) groups is 1. The summed E-state index contributed by atoms with van der Waals surface area (Å²) in [4.78, 5) is 23.0. The lowest BCUT2D eigenvalue weighted by molar-refractivity contribution is -0.384. The van der Waals surface area contributed by atoms with Crippen molar-refractivity contribution in [3.05, 3.63) is 28.3 Å². The monoisotopic (exact) mass is 296 g/mol. The Labute approximate surface area is 123 Å². The van der Waals surface area contributed by atoms with Gasteiger partial charge in [-0.1, -0.05) is 6.92 Å². The van der Waals surface area contributed by atoms with Gasteiger partial charge in [0.1, 0.15) is 5.75 Å². The smallest absolute Gasteiger partial charge is 0.308 e. The molecule has 1 aromatic carbocycles. The normalized spacial score (nSPS) is 12.0. The van der Waals surface area contributed by atoms with Crippen molar-refractivity contribution in [2.24, 2.45) is 5.92 Å². The highest BCUT2D eigenvalue weighted by molar-refractivity contribution is 5.70. The van der Waals surface area contributed by atoms with Crippen LogP contribution in [0.15, 0.2) is 18.2 Å². The molecule has 7 heteroatoms. The van der Waals surface area contributed by atoms with E-state index in [1.807, 2.05) is 13.8 Å². The van der Waals surface area contributed by atoms with Crippen LogP contribution in [0.4, 0.5) is 11.4 Å². The molecule has 1 N–H and O–H groups in total. The highest BCUT2D eigenvalue weighted by Crippen LogP contribution is 2.29. The highest BCUT2D eigenvalue weighted by atomic mass is 16.6. The lowest BCUT2D eigenvalue weighted by Crippen LogP contribution is -2.28. The second-order valence-electron chi connectivity index (χ2n) is 5.23. The van der Waals surface area contributed by atoms with Gasteiger partial charge >= 0.3 is 5.97 Å². The Hall–Kier alpha value is -2.31. The molecule has 0 saturated carbocycles. The number of rotatable bonds is 7. The number of anilines is 1. The number of benzene rings is 1. The van der Waals surface area contributed by atoms with Gasteiger partial charge in [-0.05, 0) is 13.8 Å². The number of non-ortho nitro benzene ring substituents is 1. The molecule has 1 rings (SSSR count). The Morgan fingerprint density at radius 1 is 1.38 bits per heavy atom. The van der Waals surface area contributed by atoms with Gasteiger partial charge < -0.3 is 14.7 Å². The van der Waals surface area contributed by atoms with Crippen molar-refractivity contribution in [1.29, 1.82) is 0 Å². The maximum absolute atomic E-state index is 11.0. The van der Waals surface area contributed by atoms with Gasteiger partial charge in [-0.2, -0.15) is 0 Å². The molecule has 1 unspecified atom stereocenters. The van der Waals surface area contributed by atoms with Gasteiger partial charge in [-0.25, -0.2) is 0 Å². The van der Waals surface area contributed by atoms with E-state index in [4.69, 9.17) is 9.84 Å². The molecule has 0 heterocycles. The summed E-state index contributed by atoms with van der Waals surface area (Å²) in [6, 6.07) is 4.43. The van der Waals surface area contributed by atoms with E-state index < -0.39 is 16.8 Å². The number of carboxylic acids is 1. The minimum Gasteiger partial charge on any atom is -0.491 e. The van der Waals surface area contributed by atoms with Crippen molar-refractivity contribution in [2.75, 3.05) is 18.5 Å². The van der Waals surface area contributed by atoms with Crippen LogP contribution in [-0.2, 0) is 4.79 Å². The number of nitro benzene ring substituents is 1. The van der Waals surface area contributed by atoms with Crippen molar-refractivity contribution in [3.8, 4) is 5.75 Å². The molecule has 0 spiro atoms. The van der Waals surface area contributed by atoms with Crippen LogP contribution < -0.4 is 9.64 Å². The molecule has 0 saturated heterocycles. The lowest BCUT2D eigenvalue weighted by atomic mass is 10.1. The van der Waals surface area contributed by atoms with Crippen molar-refractivity contribution in [1.82, 2.24) is 0 Å². The Bertz CT molecular complexity index is 530. The Morgan fingerprint density at radius 2 is 2.00 bits per heavy atom. The lowest BCUT2D eigenvalue weighted by Gasteiger charge is -2.22. The number of aliphatic carboxylic acids is 1.